The fourth-order valence-electron chi connectivity index (χ4n) is 2.92. The zero-order valence-electron chi connectivity index (χ0n) is 13.1. The van der Waals surface area contributed by atoms with Gasteiger partial charge in [-0.15, -0.1) is 0 Å². The van der Waals surface area contributed by atoms with E-state index in [1.807, 2.05) is 24.3 Å². The Bertz CT molecular complexity index is 694. The first kappa shape index (κ1) is 15.3. The van der Waals surface area contributed by atoms with Crippen LogP contribution in [0.15, 0.2) is 47.1 Å². The van der Waals surface area contributed by atoms with Crippen LogP contribution in [-0.4, -0.2) is 17.9 Å². The van der Waals surface area contributed by atoms with Crippen LogP contribution in [-0.2, 0) is 22.6 Å². The van der Waals surface area contributed by atoms with Crippen molar-refractivity contribution in [3.63, 3.8) is 0 Å². The van der Waals surface area contributed by atoms with Gasteiger partial charge < -0.3 is 9.73 Å². The molecule has 1 aliphatic rings. The van der Waals surface area contributed by atoms with Crippen LogP contribution in [0.2, 0.25) is 0 Å². The van der Waals surface area contributed by atoms with Crippen LogP contribution < -0.4 is 10.2 Å². The predicted octanol–water partition coefficient (Wildman–Crippen LogP) is 2.65. The van der Waals surface area contributed by atoms with Gasteiger partial charge in [0.2, 0.25) is 11.8 Å². The molecule has 23 heavy (non-hydrogen) atoms. The Morgan fingerprint density at radius 3 is 2.87 bits per heavy atom. The maximum atomic E-state index is 12.5. The number of carbonyl (C=O) groups is 2. The summed E-state index contributed by atoms with van der Waals surface area (Å²) in [5, 5.41) is 2.83. The molecule has 1 aromatic carbocycles. The lowest BCUT2D eigenvalue weighted by Crippen LogP contribution is -2.48. The lowest BCUT2D eigenvalue weighted by Gasteiger charge is -2.28. The summed E-state index contributed by atoms with van der Waals surface area (Å²) < 4.78 is 5.21. The smallest absolute Gasteiger partial charge is 0.243 e. The average molecular weight is 312 g/mol. The number of benzene rings is 1. The Labute approximate surface area is 135 Å². The molecule has 120 valence electrons. The number of amides is 2. The van der Waals surface area contributed by atoms with Gasteiger partial charge in [-0.05, 0) is 43.5 Å². The topological polar surface area (TPSA) is 62.6 Å². The van der Waals surface area contributed by atoms with Crippen molar-refractivity contribution in [3.05, 3.63) is 54.0 Å². The second-order valence-corrected chi connectivity index (χ2v) is 5.72. The SMILES string of the molecule is C[C@@H](C(=O)NCc1ccco1)N1C(=O)CCCc2ccccc21. The van der Waals surface area contributed by atoms with Crippen molar-refractivity contribution in [2.24, 2.45) is 0 Å². The van der Waals surface area contributed by atoms with Crippen molar-refractivity contribution in [3.8, 4) is 0 Å². The molecule has 2 aromatic rings. The van der Waals surface area contributed by atoms with Gasteiger partial charge in [-0.25, -0.2) is 0 Å². The van der Waals surface area contributed by atoms with E-state index < -0.39 is 6.04 Å². The third kappa shape index (κ3) is 3.28. The summed E-state index contributed by atoms with van der Waals surface area (Å²) in [5.74, 6) is 0.496. The molecule has 2 heterocycles. The number of para-hydroxylation sites is 1. The van der Waals surface area contributed by atoms with E-state index >= 15 is 0 Å². The van der Waals surface area contributed by atoms with Crippen molar-refractivity contribution < 1.29 is 14.0 Å². The largest absolute Gasteiger partial charge is 0.467 e. The summed E-state index contributed by atoms with van der Waals surface area (Å²) in [5.41, 5.74) is 1.96. The quantitative estimate of drug-likeness (QED) is 0.944. The van der Waals surface area contributed by atoms with Crippen LogP contribution in [0.25, 0.3) is 0 Å². The highest BCUT2D eigenvalue weighted by Gasteiger charge is 2.30. The minimum absolute atomic E-state index is 0.00408. The summed E-state index contributed by atoms with van der Waals surface area (Å²) in [6.45, 7) is 2.08. The maximum Gasteiger partial charge on any atom is 0.243 e. The molecule has 0 unspecified atom stereocenters. The first-order valence-corrected chi connectivity index (χ1v) is 7.87. The fraction of sp³-hybridized carbons (Fsp3) is 0.333. The molecule has 1 aromatic heterocycles. The molecule has 5 nitrogen and oxygen atoms in total. The van der Waals surface area contributed by atoms with Crippen LogP contribution in [0.1, 0.15) is 31.1 Å². The Morgan fingerprint density at radius 1 is 1.26 bits per heavy atom. The second kappa shape index (κ2) is 6.69. The van der Waals surface area contributed by atoms with Crippen LogP contribution in [0.3, 0.4) is 0 Å². The molecule has 0 bridgehead atoms. The molecule has 1 aliphatic heterocycles. The first-order chi connectivity index (χ1) is 11.2. The predicted molar refractivity (Wildman–Crippen MR) is 86.9 cm³/mol. The monoisotopic (exact) mass is 312 g/mol. The minimum atomic E-state index is -0.559. The van der Waals surface area contributed by atoms with E-state index in [2.05, 4.69) is 5.32 Å². The highest BCUT2D eigenvalue weighted by molar-refractivity contribution is 6.01. The Kier molecular flexibility index (Phi) is 4.46. The van der Waals surface area contributed by atoms with Crippen LogP contribution in [0, 0.1) is 0 Å². The summed E-state index contributed by atoms with van der Waals surface area (Å²) in [6, 6.07) is 10.8. The minimum Gasteiger partial charge on any atom is -0.467 e. The number of hydrogen-bond acceptors (Lipinski definition) is 3. The molecule has 5 heteroatoms. The first-order valence-electron chi connectivity index (χ1n) is 7.87. The number of rotatable bonds is 4. The van der Waals surface area contributed by atoms with Crippen molar-refractivity contribution in [2.45, 2.75) is 38.8 Å². The molecule has 2 amide bonds. The molecular weight excluding hydrogens is 292 g/mol. The van der Waals surface area contributed by atoms with Crippen LogP contribution >= 0.6 is 0 Å². The van der Waals surface area contributed by atoms with Crippen LogP contribution in [0.5, 0.6) is 0 Å². The van der Waals surface area contributed by atoms with E-state index in [0.717, 1.165) is 24.1 Å². The molecule has 1 N–H and O–H groups in total. The molecule has 0 spiro atoms. The van der Waals surface area contributed by atoms with Crippen molar-refractivity contribution in [2.75, 3.05) is 4.90 Å². The van der Waals surface area contributed by atoms with E-state index in [-0.39, 0.29) is 11.8 Å². The van der Waals surface area contributed by atoms with Gasteiger partial charge in [-0.2, -0.15) is 0 Å². The van der Waals surface area contributed by atoms with Crippen LogP contribution in [0.4, 0.5) is 5.69 Å². The third-order valence-electron chi connectivity index (χ3n) is 4.14. The summed E-state index contributed by atoms with van der Waals surface area (Å²) in [6.07, 6.45) is 3.70. The van der Waals surface area contributed by atoms with E-state index in [0.29, 0.717) is 18.7 Å². The molecule has 0 aliphatic carbocycles. The van der Waals surface area contributed by atoms with Gasteiger partial charge in [0.25, 0.3) is 0 Å². The lowest BCUT2D eigenvalue weighted by atomic mass is 10.1. The number of carbonyl (C=O) groups excluding carboxylic acids is 2. The highest BCUT2D eigenvalue weighted by Crippen LogP contribution is 2.28. The number of anilines is 1. The van der Waals surface area contributed by atoms with Gasteiger partial charge in [0.15, 0.2) is 0 Å². The van der Waals surface area contributed by atoms with Gasteiger partial charge in [0.1, 0.15) is 11.8 Å². The zero-order valence-corrected chi connectivity index (χ0v) is 13.1. The molecular formula is C18H20N2O3. The maximum absolute atomic E-state index is 12.5. The Morgan fingerprint density at radius 2 is 2.09 bits per heavy atom. The molecule has 0 saturated heterocycles. The number of aryl methyl sites for hydroxylation is 1. The molecule has 0 radical (unpaired) electrons. The van der Waals surface area contributed by atoms with Gasteiger partial charge in [-0.3, -0.25) is 14.5 Å². The van der Waals surface area contributed by atoms with Crippen molar-refractivity contribution in [1.29, 1.82) is 0 Å². The lowest BCUT2D eigenvalue weighted by molar-refractivity contribution is -0.126. The fourth-order valence-corrected chi connectivity index (χ4v) is 2.92. The Balaban J connectivity index is 1.78. The number of nitrogens with one attached hydrogen (secondary N) is 1. The Hall–Kier alpha value is -2.56. The third-order valence-corrected chi connectivity index (χ3v) is 4.14. The van der Waals surface area contributed by atoms with E-state index in [4.69, 9.17) is 4.42 Å². The van der Waals surface area contributed by atoms with E-state index in [1.54, 1.807) is 30.2 Å². The number of nitrogens with zero attached hydrogens (tertiary/aromatic N) is 1. The van der Waals surface area contributed by atoms with Gasteiger partial charge >= 0.3 is 0 Å². The van der Waals surface area contributed by atoms with Gasteiger partial charge in [-0.1, -0.05) is 18.2 Å². The number of hydrogen-bond donors (Lipinski definition) is 1. The van der Waals surface area contributed by atoms with Crippen molar-refractivity contribution in [1.82, 2.24) is 5.32 Å². The standard InChI is InChI=1S/C18H20N2O3/c1-13(18(22)19-12-15-8-5-11-23-15)20-16-9-3-2-6-14(16)7-4-10-17(20)21/h2-3,5-6,8-9,11,13H,4,7,10,12H2,1H3,(H,19,22)/t13-/m0/s1. The van der Waals surface area contributed by atoms with Gasteiger partial charge in [0, 0.05) is 12.1 Å². The summed E-state index contributed by atoms with van der Waals surface area (Å²) in [7, 11) is 0. The summed E-state index contributed by atoms with van der Waals surface area (Å²) in [4.78, 5) is 26.6. The zero-order chi connectivity index (χ0) is 16.2. The normalized spacial score (nSPS) is 15.7. The summed E-state index contributed by atoms with van der Waals surface area (Å²) >= 11 is 0. The molecule has 0 saturated carbocycles. The van der Waals surface area contributed by atoms with E-state index in [9.17, 15) is 9.59 Å². The molecule has 3 rings (SSSR count). The second-order valence-electron chi connectivity index (χ2n) is 5.72. The number of furan rings is 1. The van der Waals surface area contributed by atoms with Gasteiger partial charge in [0.05, 0.1) is 12.8 Å². The highest BCUT2D eigenvalue weighted by atomic mass is 16.3. The van der Waals surface area contributed by atoms with E-state index in [1.165, 1.54) is 0 Å². The molecule has 1 atom stereocenters. The average Bonchev–Trinajstić information content (AvgIpc) is 3.01. The molecule has 0 fully saturated rings. The number of fused-ring (bicyclic) bond motifs is 1. The van der Waals surface area contributed by atoms with Crippen molar-refractivity contribution >= 4 is 17.5 Å².